The van der Waals surface area contributed by atoms with Gasteiger partial charge >= 0.3 is 6.09 Å². The molecule has 1 atom stereocenters. The van der Waals surface area contributed by atoms with Crippen molar-refractivity contribution >= 4 is 6.09 Å². The van der Waals surface area contributed by atoms with Gasteiger partial charge in [-0.3, -0.25) is 0 Å². The highest BCUT2D eigenvalue weighted by Gasteiger charge is 2.22. The van der Waals surface area contributed by atoms with Gasteiger partial charge in [0.25, 0.3) is 0 Å². The summed E-state index contributed by atoms with van der Waals surface area (Å²) in [4.78, 5) is 13.6. The number of hydrogen-bond donors (Lipinski definition) is 0. The van der Waals surface area contributed by atoms with Gasteiger partial charge in [-0.2, -0.15) is 0 Å². The number of carbonyl (C=O) groups is 1. The molecule has 1 amide bonds. The molecule has 0 saturated heterocycles. The number of benzene rings is 1. The van der Waals surface area contributed by atoms with Crippen molar-refractivity contribution in [3.63, 3.8) is 0 Å². The number of hydrogen-bond acceptors (Lipinski definition) is 2. The standard InChI is InChI=1S/C16H25NO2/c1-12-7-9-14(10-8-12)11-13(2)17(6)15(18)19-16(3,4)5/h7-10,13H,11H2,1-6H3/t13-/m1/s1. The van der Waals surface area contributed by atoms with Crippen LogP contribution in [0.4, 0.5) is 4.79 Å². The molecule has 0 aliphatic rings. The molecule has 0 spiro atoms. The largest absolute Gasteiger partial charge is 0.444 e. The molecule has 0 aliphatic carbocycles. The topological polar surface area (TPSA) is 29.5 Å². The second-order valence-corrected chi connectivity index (χ2v) is 6.13. The van der Waals surface area contributed by atoms with Crippen LogP contribution in [0.1, 0.15) is 38.8 Å². The first-order chi connectivity index (χ1) is 8.69. The molecule has 1 aromatic rings. The fraction of sp³-hybridized carbons (Fsp3) is 0.562. The van der Waals surface area contributed by atoms with E-state index in [0.717, 1.165) is 6.42 Å². The number of likely N-dealkylation sites (N-methyl/N-ethyl adjacent to an activating group) is 1. The molecule has 3 heteroatoms. The lowest BCUT2D eigenvalue weighted by Crippen LogP contribution is -2.40. The van der Waals surface area contributed by atoms with Crippen molar-refractivity contribution in [2.75, 3.05) is 7.05 Å². The van der Waals surface area contributed by atoms with Crippen LogP contribution in [-0.4, -0.2) is 29.7 Å². The summed E-state index contributed by atoms with van der Waals surface area (Å²) in [6.07, 6.45) is 0.558. The molecule has 0 aliphatic heterocycles. The second-order valence-electron chi connectivity index (χ2n) is 6.13. The predicted octanol–water partition coefficient (Wildman–Crippen LogP) is 3.79. The van der Waals surface area contributed by atoms with Crippen LogP contribution in [0.5, 0.6) is 0 Å². The molecule has 3 nitrogen and oxygen atoms in total. The quantitative estimate of drug-likeness (QED) is 0.830. The number of amides is 1. The Morgan fingerprint density at radius 1 is 1.26 bits per heavy atom. The Kier molecular flexibility index (Phi) is 4.98. The maximum absolute atomic E-state index is 11.9. The van der Waals surface area contributed by atoms with E-state index in [2.05, 4.69) is 31.2 Å². The van der Waals surface area contributed by atoms with Crippen molar-refractivity contribution in [3.05, 3.63) is 35.4 Å². The van der Waals surface area contributed by atoms with Gasteiger partial charge in [-0.15, -0.1) is 0 Å². The van der Waals surface area contributed by atoms with Crippen LogP contribution in [0.2, 0.25) is 0 Å². The summed E-state index contributed by atoms with van der Waals surface area (Å²) in [5.41, 5.74) is 2.03. The van der Waals surface area contributed by atoms with E-state index in [-0.39, 0.29) is 12.1 Å². The average Bonchev–Trinajstić information content (AvgIpc) is 2.28. The van der Waals surface area contributed by atoms with Gasteiger partial charge in [0.15, 0.2) is 0 Å². The minimum absolute atomic E-state index is 0.109. The Bertz CT molecular complexity index is 417. The van der Waals surface area contributed by atoms with Gasteiger partial charge in [-0.05, 0) is 46.6 Å². The highest BCUT2D eigenvalue weighted by atomic mass is 16.6. The van der Waals surface area contributed by atoms with Gasteiger partial charge in [0, 0.05) is 13.1 Å². The van der Waals surface area contributed by atoms with Gasteiger partial charge in [0.05, 0.1) is 0 Å². The number of ether oxygens (including phenoxy) is 1. The van der Waals surface area contributed by atoms with Gasteiger partial charge in [0.2, 0.25) is 0 Å². The van der Waals surface area contributed by atoms with Crippen LogP contribution in [-0.2, 0) is 11.2 Å². The number of aryl methyl sites for hydroxylation is 1. The number of nitrogens with zero attached hydrogens (tertiary/aromatic N) is 1. The van der Waals surface area contributed by atoms with Crippen LogP contribution in [0.25, 0.3) is 0 Å². The van der Waals surface area contributed by atoms with Crippen LogP contribution in [0, 0.1) is 6.92 Å². The van der Waals surface area contributed by atoms with E-state index >= 15 is 0 Å². The SMILES string of the molecule is Cc1ccc(C[C@@H](C)N(C)C(=O)OC(C)(C)C)cc1. The third-order valence-electron chi connectivity index (χ3n) is 2.99. The van der Waals surface area contributed by atoms with Crippen molar-refractivity contribution in [2.24, 2.45) is 0 Å². The molecule has 0 saturated carbocycles. The first-order valence-corrected chi connectivity index (χ1v) is 6.70. The summed E-state index contributed by atoms with van der Waals surface area (Å²) >= 11 is 0. The molecule has 0 unspecified atom stereocenters. The molecule has 0 heterocycles. The van der Waals surface area contributed by atoms with Gasteiger partial charge in [-0.25, -0.2) is 4.79 Å². The van der Waals surface area contributed by atoms with Gasteiger partial charge in [0.1, 0.15) is 5.60 Å². The molecular weight excluding hydrogens is 238 g/mol. The minimum Gasteiger partial charge on any atom is -0.444 e. The van der Waals surface area contributed by atoms with E-state index in [4.69, 9.17) is 4.74 Å². The molecule has 1 rings (SSSR count). The summed E-state index contributed by atoms with van der Waals surface area (Å²) in [5.74, 6) is 0. The highest BCUT2D eigenvalue weighted by Crippen LogP contribution is 2.13. The molecule has 106 valence electrons. The van der Waals surface area contributed by atoms with Crippen LogP contribution in [0.3, 0.4) is 0 Å². The van der Waals surface area contributed by atoms with Crippen LogP contribution < -0.4 is 0 Å². The molecule has 0 aromatic heterocycles. The van der Waals surface area contributed by atoms with E-state index in [9.17, 15) is 4.79 Å². The van der Waals surface area contributed by atoms with E-state index < -0.39 is 5.60 Å². The molecule has 0 fully saturated rings. The van der Waals surface area contributed by atoms with Gasteiger partial charge in [-0.1, -0.05) is 29.8 Å². The highest BCUT2D eigenvalue weighted by molar-refractivity contribution is 5.68. The van der Waals surface area contributed by atoms with Gasteiger partial charge < -0.3 is 9.64 Å². The van der Waals surface area contributed by atoms with E-state index in [0.29, 0.717) is 0 Å². The lowest BCUT2D eigenvalue weighted by molar-refractivity contribution is 0.0236. The van der Waals surface area contributed by atoms with Crippen molar-refractivity contribution in [2.45, 2.75) is 52.7 Å². The van der Waals surface area contributed by atoms with Crippen molar-refractivity contribution in [3.8, 4) is 0 Å². The molecule has 19 heavy (non-hydrogen) atoms. The molecule has 0 bridgehead atoms. The monoisotopic (exact) mass is 263 g/mol. The summed E-state index contributed by atoms with van der Waals surface area (Å²) in [7, 11) is 1.78. The molecule has 0 radical (unpaired) electrons. The van der Waals surface area contributed by atoms with Crippen molar-refractivity contribution < 1.29 is 9.53 Å². The van der Waals surface area contributed by atoms with Crippen LogP contribution >= 0.6 is 0 Å². The Morgan fingerprint density at radius 2 is 1.79 bits per heavy atom. The first-order valence-electron chi connectivity index (χ1n) is 6.70. The van der Waals surface area contributed by atoms with E-state index in [1.807, 2.05) is 27.7 Å². The zero-order chi connectivity index (χ0) is 14.6. The third kappa shape index (κ3) is 5.33. The fourth-order valence-electron chi connectivity index (χ4n) is 1.72. The Morgan fingerprint density at radius 3 is 2.26 bits per heavy atom. The number of carbonyl (C=O) groups excluding carboxylic acids is 1. The second kappa shape index (κ2) is 6.09. The average molecular weight is 263 g/mol. The lowest BCUT2D eigenvalue weighted by atomic mass is 10.1. The van der Waals surface area contributed by atoms with E-state index in [1.54, 1.807) is 11.9 Å². The zero-order valence-corrected chi connectivity index (χ0v) is 12.9. The Hall–Kier alpha value is -1.51. The zero-order valence-electron chi connectivity index (χ0n) is 12.9. The maximum Gasteiger partial charge on any atom is 0.410 e. The normalized spacial score (nSPS) is 12.9. The van der Waals surface area contributed by atoms with Crippen molar-refractivity contribution in [1.29, 1.82) is 0 Å². The molecule has 0 N–H and O–H groups in total. The fourth-order valence-corrected chi connectivity index (χ4v) is 1.72. The first kappa shape index (κ1) is 15.5. The smallest absolute Gasteiger partial charge is 0.410 e. The Balaban J connectivity index is 2.59. The van der Waals surface area contributed by atoms with Crippen molar-refractivity contribution in [1.82, 2.24) is 4.90 Å². The molecule has 1 aromatic carbocycles. The summed E-state index contributed by atoms with van der Waals surface area (Å²) in [5, 5.41) is 0. The molecular formula is C16H25NO2. The predicted molar refractivity (Wildman–Crippen MR) is 78.3 cm³/mol. The maximum atomic E-state index is 11.9. The summed E-state index contributed by atoms with van der Waals surface area (Å²) < 4.78 is 5.36. The van der Waals surface area contributed by atoms with E-state index in [1.165, 1.54) is 11.1 Å². The Labute approximate surface area is 116 Å². The lowest BCUT2D eigenvalue weighted by Gasteiger charge is -2.28. The summed E-state index contributed by atoms with van der Waals surface area (Å²) in [6.45, 7) is 9.74. The minimum atomic E-state index is -0.449. The number of rotatable bonds is 3. The third-order valence-corrected chi connectivity index (χ3v) is 2.99. The summed E-state index contributed by atoms with van der Waals surface area (Å²) in [6, 6.07) is 8.51. The van der Waals surface area contributed by atoms with Crippen LogP contribution in [0.15, 0.2) is 24.3 Å².